The summed E-state index contributed by atoms with van der Waals surface area (Å²) in [7, 11) is 1.73. The van der Waals surface area contributed by atoms with Crippen LogP contribution in [0.2, 0.25) is 0 Å². The minimum absolute atomic E-state index is 0.356. The molecule has 0 bridgehead atoms. The molecule has 0 saturated heterocycles. The molecule has 0 aliphatic rings. The Bertz CT molecular complexity index is 121. The molecule has 0 heterocycles. The third-order valence-corrected chi connectivity index (χ3v) is 1.60. The summed E-state index contributed by atoms with van der Waals surface area (Å²) in [6.45, 7) is 7.27. The van der Waals surface area contributed by atoms with Gasteiger partial charge in [0, 0.05) is 7.11 Å². The fourth-order valence-electron chi connectivity index (χ4n) is 1.16. The van der Waals surface area contributed by atoms with E-state index in [1.165, 1.54) is 0 Å². The van der Waals surface area contributed by atoms with Crippen molar-refractivity contribution >= 4 is 6.21 Å². The zero-order valence-corrected chi connectivity index (χ0v) is 8.71. The monoisotopic (exact) mass is 171 g/mol. The molecule has 0 spiro atoms. The second kappa shape index (κ2) is 7.29. The largest absolute Gasteiger partial charge is 0.382 e. The first kappa shape index (κ1) is 11.6. The van der Waals surface area contributed by atoms with Crippen LogP contribution in [0.25, 0.3) is 0 Å². The molecule has 0 fully saturated rings. The number of hydrogen-bond acceptors (Lipinski definition) is 2. The van der Waals surface area contributed by atoms with E-state index in [4.69, 9.17) is 4.74 Å². The zero-order valence-electron chi connectivity index (χ0n) is 8.71. The van der Waals surface area contributed by atoms with Crippen molar-refractivity contribution in [2.75, 3.05) is 13.7 Å². The van der Waals surface area contributed by atoms with Gasteiger partial charge >= 0.3 is 0 Å². The Labute approximate surface area is 76.0 Å². The molecular weight excluding hydrogens is 150 g/mol. The Kier molecular flexibility index (Phi) is 7.06. The minimum atomic E-state index is 0.356. The Balaban J connectivity index is 3.77. The summed E-state index contributed by atoms with van der Waals surface area (Å²) in [6.07, 6.45) is 4.11. The summed E-state index contributed by atoms with van der Waals surface area (Å²) in [5.74, 6) is 0.694. The van der Waals surface area contributed by atoms with Crippen molar-refractivity contribution in [3.8, 4) is 0 Å². The van der Waals surface area contributed by atoms with Crippen LogP contribution < -0.4 is 0 Å². The van der Waals surface area contributed by atoms with E-state index in [0.717, 1.165) is 19.4 Å². The molecule has 0 saturated carbocycles. The second-order valence-corrected chi connectivity index (χ2v) is 3.48. The number of methoxy groups -OCH3 is 1. The summed E-state index contributed by atoms with van der Waals surface area (Å²) in [5.41, 5.74) is 0. The van der Waals surface area contributed by atoms with Crippen LogP contribution in [0.15, 0.2) is 4.99 Å². The van der Waals surface area contributed by atoms with Crippen LogP contribution in [0.4, 0.5) is 0 Å². The van der Waals surface area contributed by atoms with Crippen molar-refractivity contribution in [3.05, 3.63) is 0 Å². The van der Waals surface area contributed by atoms with E-state index >= 15 is 0 Å². The molecule has 72 valence electrons. The average molecular weight is 171 g/mol. The number of rotatable bonds is 6. The van der Waals surface area contributed by atoms with Gasteiger partial charge in [-0.3, -0.25) is 4.99 Å². The van der Waals surface area contributed by atoms with Crippen molar-refractivity contribution in [1.29, 1.82) is 0 Å². The molecule has 1 atom stereocenters. The third kappa shape index (κ3) is 6.35. The molecule has 0 radical (unpaired) electrons. The van der Waals surface area contributed by atoms with Crippen LogP contribution in [0.1, 0.15) is 33.6 Å². The highest BCUT2D eigenvalue weighted by Crippen LogP contribution is 2.07. The smallest absolute Gasteiger partial charge is 0.0731 e. The van der Waals surface area contributed by atoms with E-state index in [-0.39, 0.29) is 0 Å². The first-order chi connectivity index (χ1) is 5.70. The first-order valence-electron chi connectivity index (χ1n) is 4.71. The lowest BCUT2D eigenvalue weighted by atomic mass is 10.1. The van der Waals surface area contributed by atoms with Crippen molar-refractivity contribution in [3.63, 3.8) is 0 Å². The summed E-state index contributed by atoms with van der Waals surface area (Å²) >= 11 is 0. The minimum Gasteiger partial charge on any atom is -0.382 e. The first-order valence-corrected chi connectivity index (χ1v) is 4.71. The van der Waals surface area contributed by atoms with Crippen LogP contribution in [0, 0.1) is 5.92 Å². The molecule has 0 aromatic carbocycles. The predicted octanol–water partition coefficient (Wildman–Crippen LogP) is 2.53. The van der Waals surface area contributed by atoms with Gasteiger partial charge in [-0.25, -0.2) is 0 Å². The number of nitrogens with zero attached hydrogens (tertiary/aromatic N) is 1. The normalized spacial score (nSPS) is 14.4. The van der Waals surface area contributed by atoms with E-state index in [1.54, 1.807) is 7.11 Å². The van der Waals surface area contributed by atoms with E-state index in [0.29, 0.717) is 12.0 Å². The van der Waals surface area contributed by atoms with E-state index < -0.39 is 0 Å². The Morgan fingerprint density at radius 3 is 2.50 bits per heavy atom. The van der Waals surface area contributed by atoms with Crippen LogP contribution in [0.5, 0.6) is 0 Å². The standard InChI is InChI=1S/C10H21NO/c1-5-6-11-10(8-12-4)7-9(2)3/h6,9-10H,5,7-8H2,1-4H3. The molecule has 0 aliphatic carbocycles. The van der Waals surface area contributed by atoms with Crippen LogP contribution in [-0.2, 0) is 4.74 Å². The van der Waals surface area contributed by atoms with Gasteiger partial charge in [0.2, 0.25) is 0 Å². The molecule has 0 rings (SSSR count). The molecule has 0 aromatic rings. The Hall–Kier alpha value is -0.370. The van der Waals surface area contributed by atoms with Crippen molar-refractivity contribution in [2.24, 2.45) is 10.9 Å². The molecule has 12 heavy (non-hydrogen) atoms. The van der Waals surface area contributed by atoms with Gasteiger partial charge in [0.15, 0.2) is 0 Å². The average Bonchev–Trinajstić information content (AvgIpc) is 2.00. The zero-order chi connectivity index (χ0) is 9.40. The quantitative estimate of drug-likeness (QED) is 0.563. The van der Waals surface area contributed by atoms with Crippen LogP contribution in [-0.4, -0.2) is 26.0 Å². The van der Waals surface area contributed by atoms with Gasteiger partial charge in [0.05, 0.1) is 12.6 Å². The fourth-order valence-corrected chi connectivity index (χ4v) is 1.16. The lowest BCUT2D eigenvalue weighted by Crippen LogP contribution is -2.15. The van der Waals surface area contributed by atoms with Gasteiger partial charge < -0.3 is 4.74 Å². The van der Waals surface area contributed by atoms with E-state index in [9.17, 15) is 0 Å². The van der Waals surface area contributed by atoms with Gasteiger partial charge in [-0.05, 0) is 25.0 Å². The summed E-state index contributed by atoms with van der Waals surface area (Å²) < 4.78 is 5.09. The van der Waals surface area contributed by atoms with E-state index in [2.05, 4.69) is 25.8 Å². The van der Waals surface area contributed by atoms with Crippen LogP contribution in [0.3, 0.4) is 0 Å². The van der Waals surface area contributed by atoms with Crippen molar-refractivity contribution in [2.45, 2.75) is 39.7 Å². The lowest BCUT2D eigenvalue weighted by Gasteiger charge is -2.13. The molecule has 0 N–H and O–H groups in total. The second-order valence-electron chi connectivity index (χ2n) is 3.48. The van der Waals surface area contributed by atoms with Crippen LogP contribution >= 0.6 is 0 Å². The highest BCUT2D eigenvalue weighted by Gasteiger charge is 2.07. The molecule has 0 aliphatic heterocycles. The fraction of sp³-hybridized carbons (Fsp3) is 0.900. The van der Waals surface area contributed by atoms with Gasteiger partial charge in [-0.2, -0.15) is 0 Å². The number of ether oxygens (including phenoxy) is 1. The topological polar surface area (TPSA) is 21.6 Å². The molecule has 2 nitrogen and oxygen atoms in total. The maximum atomic E-state index is 5.09. The molecule has 2 heteroatoms. The lowest BCUT2D eigenvalue weighted by molar-refractivity contribution is 0.173. The highest BCUT2D eigenvalue weighted by atomic mass is 16.5. The summed E-state index contributed by atoms with van der Waals surface area (Å²) in [5, 5.41) is 0. The van der Waals surface area contributed by atoms with Crippen molar-refractivity contribution in [1.82, 2.24) is 0 Å². The molecule has 1 unspecified atom stereocenters. The van der Waals surface area contributed by atoms with Gasteiger partial charge in [0.25, 0.3) is 0 Å². The highest BCUT2D eigenvalue weighted by molar-refractivity contribution is 5.56. The SMILES string of the molecule is CCC=NC(COC)CC(C)C. The van der Waals surface area contributed by atoms with Gasteiger partial charge in [-0.15, -0.1) is 0 Å². The molecular formula is C10H21NO. The van der Waals surface area contributed by atoms with Crippen molar-refractivity contribution < 1.29 is 4.74 Å². The Morgan fingerprint density at radius 1 is 1.42 bits per heavy atom. The third-order valence-electron chi connectivity index (χ3n) is 1.60. The van der Waals surface area contributed by atoms with E-state index in [1.807, 2.05) is 6.21 Å². The predicted molar refractivity (Wildman–Crippen MR) is 53.9 cm³/mol. The number of hydrogen-bond donors (Lipinski definition) is 0. The maximum absolute atomic E-state index is 5.09. The molecule has 0 amide bonds. The maximum Gasteiger partial charge on any atom is 0.0731 e. The number of aliphatic imine (C=N–C) groups is 1. The Morgan fingerprint density at radius 2 is 2.08 bits per heavy atom. The summed E-state index contributed by atoms with van der Waals surface area (Å²) in [4.78, 5) is 4.42. The summed E-state index contributed by atoms with van der Waals surface area (Å²) in [6, 6.07) is 0.356. The van der Waals surface area contributed by atoms with Gasteiger partial charge in [0.1, 0.15) is 0 Å². The molecule has 0 aromatic heterocycles. The van der Waals surface area contributed by atoms with Gasteiger partial charge in [-0.1, -0.05) is 20.8 Å².